The lowest BCUT2D eigenvalue weighted by molar-refractivity contribution is 0.259. The molecule has 0 atom stereocenters. The van der Waals surface area contributed by atoms with Crippen molar-refractivity contribution in [2.24, 2.45) is 4.99 Å². The second-order valence-electron chi connectivity index (χ2n) is 7.64. The molecule has 3 aromatic rings. The minimum absolute atomic E-state index is 0. The molecule has 0 radical (unpaired) electrons. The number of likely N-dealkylation sites (N-methyl/N-ethyl adjacent to an activating group) is 1. The predicted molar refractivity (Wildman–Crippen MR) is 141 cm³/mol. The molecule has 0 aliphatic carbocycles. The van der Waals surface area contributed by atoms with E-state index in [0.29, 0.717) is 13.2 Å². The second-order valence-corrected chi connectivity index (χ2v) is 7.64. The van der Waals surface area contributed by atoms with Crippen molar-refractivity contribution < 1.29 is 9.13 Å². The number of para-hydroxylation sites is 1. The smallest absolute Gasteiger partial charge is 0.191 e. The van der Waals surface area contributed by atoms with E-state index in [2.05, 4.69) is 20.5 Å². The zero-order chi connectivity index (χ0) is 22.1. The van der Waals surface area contributed by atoms with Crippen molar-refractivity contribution in [2.75, 3.05) is 40.3 Å². The molecular weight excluding hydrogens is 520 g/mol. The Morgan fingerprint density at radius 1 is 1.12 bits per heavy atom. The number of fused-ring (bicyclic) bond motifs is 1. The number of ether oxygens (including phenoxy) is 1. The summed E-state index contributed by atoms with van der Waals surface area (Å²) in [5.74, 6) is 1.40. The van der Waals surface area contributed by atoms with Gasteiger partial charge in [0.25, 0.3) is 0 Å². The van der Waals surface area contributed by atoms with E-state index in [1.807, 2.05) is 57.5 Å². The number of nitrogens with one attached hydrogen (secondary N) is 3. The zero-order valence-electron chi connectivity index (χ0n) is 19.0. The van der Waals surface area contributed by atoms with Crippen molar-refractivity contribution in [1.29, 1.82) is 0 Å². The van der Waals surface area contributed by atoms with Gasteiger partial charge in [-0.3, -0.25) is 0 Å². The highest BCUT2D eigenvalue weighted by Crippen LogP contribution is 2.20. The van der Waals surface area contributed by atoms with Gasteiger partial charge in [0.2, 0.25) is 0 Å². The number of rotatable bonds is 10. The van der Waals surface area contributed by atoms with Gasteiger partial charge in [0.15, 0.2) is 5.96 Å². The summed E-state index contributed by atoms with van der Waals surface area (Å²) in [5, 5.41) is 7.73. The van der Waals surface area contributed by atoms with Crippen molar-refractivity contribution in [1.82, 2.24) is 20.5 Å². The van der Waals surface area contributed by atoms with Crippen molar-refractivity contribution in [2.45, 2.75) is 19.9 Å². The van der Waals surface area contributed by atoms with Crippen LogP contribution in [0.1, 0.15) is 18.1 Å². The van der Waals surface area contributed by atoms with Crippen LogP contribution in [0.3, 0.4) is 0 Å². The summed E-state index contributed by atoms with van der Waals surface area (Å²) < 4.78 is 19.3. The Labute approximate surface area is 206 Å². The van der Waals surface area contributed by atoms with Gasteiger partial charge in [0, 0.05) is 42.3 Å². The number of aromatic amines is 1. The quantitative estimate of drug-likeness (QED) is 0.201. The summed E-state index contributed by atoms with van der Waals surface area (Å²) in [4.78, 5) is 9.96. The lowest BCUT2D eigenvalue weighted by Crippen LogP contribution is -2.38. The van der Waals surface area contributed by atoms with Crippen LogP contribution in [0.4, 0.5) is 4.39 Å². The first-order valence-corrected chi connectivity index (χ1v) is 10.7. The number of benzene rings is 2. The average Bonchev–Trinajstić information content (AvgIpc) is 3.14. The molecular formula is C24H33FIN5O. The fraction of sp³-hybridized carbons (Fsp3) is 0.375. The summed E-state index contributed by atoms with van der Waals surface area (Å²) in [6.45, 7) is 5.57. The monoisotopic (exact) mass is 553 g/mol. The van der Waals surface area contributed by atoms with E-state index in [0.717, 1.165) is 59.8 Å². The summed E-state index contributed by atoms with van der Waals surface area (Å²) >= 11 is 0. The van der Waals surface area contributed by atoms with E-state index in [9.17, 15) is 4.39 Å². The molecule has 6 nitrogen and oxygen atoms in total. The van der Waals surface area contributed by atoms with Gasteiger partial charge in [-0.25, -0.2) is 9.38 Å². The SMILES string of the molecule is CCNC(=NCc1ccccc1OCCN(C)C)NCCc1c[nH]c2cc(F)ccc12.I. The number of guanidine groups is 1. The topological polar surface area (TPSA) is 64.7 Å². The van der Waals surface area contributed by atoms with Crippen molar-refractivity contribution >= 4 is 40.8 Å². The summed E-state index contributed by atoms with van der Waals surface area (Å²) in [7, 11) is 4.06. The van der Waals surface area contributed by atoms with Crippen LogP contribution >= 0.6 is 24.0 Å². The maximum absolute atomic E-state index is 13.4. The Kier molecular flexibility index (Phi) is 10.8. The highest BCUT2D eigenvalue weighted by Gasteiger charge is 2.07. The molecule has 0 spiro atoms. The fourth-order valence-corrected chi connectivity index (χ4v) is 3.30. The molecule has 3 rings (SSSR count). The van der Waals surface area contributed by atoms with Gasteiger partial charge in [-0.05, 0) is 57.3 Å². The third-order valence-electron chi connectivity index (χ3n) is 4.94. The summed E-state index contributed by atoms with van der Waals surface area (Å²) in [6, 6.07) is 12.9. The number of halogens is 2. The molecule has 8 heteroatoms. The average molecular weight is 553 g/mol. The lowest BCUT2D eigenvalue weighted by atomic mass is 10.1. The molecule has 174 valence electrons. The van der Waals surface area contributed by atoms with Crippen LogP contribution in [0.25, 0.3) is 10.9 Å². The Morgan fingerprint density at radius 3 is 2.72 bits per heavy atom. The first-order chi connectivity index (χ1) is 15.1. The first-order valence-electron chi connectivity index (χ1n) is 10.7. The minimum Gasteiger partial charge on any atom is -0.492 e. The molecule has 1 aromatic heterocycles. The Balaban J connectivity index is 0.00000363. The molecule has 32 heavy (non-hydrogen) atoms. The molecule has 1 heterocycles. The van der Waals surface area contributed by atoms with E-state index < -0.39 is 0 Å². The van der Waals surface area contributed by atoms with Gasteiger partial charge in [0.1, 0.15) is 18.2 Å². The largest absolute Gasteiger partial charge is 0.492 e. The number of aromatic nitrogens is 1. The Hall–Kier alpha value is -2.33. The molecule has 2 aromatic carbocycles. The molecule has 0 saturated heterocycles. The number of hydrogen-bond donors (Lipinski definition) is 3. The number of aliphatic imine (C=N–C) groups is 1. The van der Waals surface area contributed by atoms with E-state index in [4.69, 9.17) is 9.73 Å². The first kappa shape index (κ1) is 25.9. The normalized spacial score (nSPS) is 11.5. The van der Waals surface area contributed by atoms with E-state index in [1.165, 1.54) is 12.1 Å². The van der Waals surface area contributed by atoms with Gasteiger partial charge in [0.05, 0.1) is 6.54 Å². The van der Waals surface area contributed by atoms with E-state index in [-0.39, 0.29) is 29.8 Å². The summed E-state index contributed by atoms with van der Waals surface area (Å²) in [5.41, 5.74) is 3.02. The molecule has 0 saturated carbocycles. The van der Waals surface area contributed by atoms with Crippen LogP contribution < -0.4 is 15.4 Å². The van der Waals surface area contributed by atoms with Gasteiger partial charge < -0.3 is 25.3 Å². The molecule has 0 aliphatic heterocycles. The minimum atomic E-state index is -0.230. The Morgan fingerprint density at radius 2 is 1.94 bits per heavy atom. The van der Waals surface area contributed by atoms with E-state index in [1.54, 1.807) is 0 Å². The third-order valence-corrected chi connectivity index (χ3v) is 4.94. The van der Waals surface area contributed by atoms with Crippen molar-refractivity contribution in [3.05, 3.63) is 65.6 Å². The Bertz CT molecular complexity index is 1000. The van der Waals surface area contributed by atoms with Crippen molar-refractivity contribution in [3.63, 3.8) is 0 Å². The highest BCUT2D eigenvalue weighted by atomic mass is 127. The second kappa shape index (κ2) is 13.3. The van der Waals surface area contributed by atoms with Crippen LogP contribution in [-0.4, -0.2) is 56.2 Å². The summed E-state index contributed by atoms with van der Waals surface area (Å²) in [6.07, 6.45) is 2.75. The van der Waals surface area contributed by atoms with Crippen LogP contribution in [0.15, 0.2) is 53.7 Å². The van der Waals surface area contributed by atoms with Gasteiger partial charge in [-0.1, -0.05) is 18.2 Å². The van der Waals surface area contributed by atoms with Crippen molar-refractivity contribution in [3.8, 4) is 5.75 Å². The standard InChI is InChI=1S/C24H32FN5O.HI/c1-4-26-24(27-12-11-18-16-28-22-15-20(25)9-10-21(18)22)29-17-19-7-5-6-8-23(19)31-14-13-30(2)3;/h5-10,15-16,28H,4,11-14,17H2,1-3H3,(H2,26,27,29);1H. The van der Waals surface area contributed by atoms with E-state index >= 15 is 0 Å². The molecule has 0 amide bonds. The predicted octanol–water partition coefficient (Wildman–Crippen LogP) is 4.16. The third kappa shape index (κ3) is 7.67. The molecule has 3 N–H and O–H groups in total. The number of hydrogen-bond acceptors (Lipinski definition) is 3. The number of nitrogens with zero attached hydrogens (tertiary/aromatic N) is 2. The number of H-pyrrole nitrogens is 1. The van der Waals surface area contributed by atoms with Crippen LogP contribution in [-0.2, 0) is 13.0 Å². The van der Waals surface area contributed by atoms with Crippen LogP contribution in [0, 0.1) is 5.82 Å². The van der Waals surface area contributed by atoms with Crippen LogP contribution in [0.5, 0.6) is 5.75 Å². The molecule has 0 aliphatic rings. The van der Waals surface area contributed by atoms with Crippen LogP contribution in [0.2, 0.25) is 0 Å². The molecule has 0 unspecified atom stereocenters. The maximum Gasteiger partial charge on any atom is 0.191 e. The van der Waals surface area contributed by atoms with Gasteiger partial charge in [-0.2, -0.15) is 0 Å². The zero-order valence-corrected chi connectivity index (χ0v) is 21.3. The molecule has 0 fully saturated rings. The lowest BCUT2D eigenvalue weighted by Gasteiger charge is -2.14. The molecule has 0 bridgehead atoms. The fourth-order valence-electron chi connectivity index (χ4n) is 3.30. The highest BCUT2D eigenvalue weighted by molar-refractivity contribution is 14.0. The maximum atomic E-state index is 13.4. The van der Waals surface area contributed by atoms with Gasteiger partial charge >= 0.3 is 0 Å². The van der Waals surface area contributed by atoms with Gasteiger partial charge in [-0.15, -0.1) is 24.0 Å².